The first-order chi connectivity index (χ1) is 14.4. The van der Waals surface area contributed by atoms with E-state index < -0.39 is 16.1 Å². The molecule has 0 spiro atoms. The lowest BCUT2D eigenvalue weighted by molar-refractivity contribution is 0.297. The third-order valence-corrected chi connectivity index (χ3v) is 6.42. The van der Waals surface area contributed by atoms with Crippen LogP contribution in [0, 0.1) is 6.92 Å². The summed E-state index contributed by atoms with van der Waals surface area (Å²) in [6, 6.07) is 24.1. The van der Waals surface area contributed by atoms with Gasteiger partial charge in [0.15, 0.2) is 0 Å². The van der Waals surface area contributed by atoms with E-state index in [0.29, 0.717) is 6.54 Å². The molecular formula is C24H28N2O3S. The maximum Gasteiger partial charge on any atom is 0.241 e. The Morgan fingerprint density at radius 3 is 2.17 bits per heavy atom. The minimum Gasteiger partial charge on any atom is -0.497 e. The molecule has 0 aromatic heterocycles. The number of benzene rings is 3. The number of methoxy groups -OCH3 is 1. The zero-order valence-corrected chi connectivity index (χ0v) is 18.4. The third kappa shape index (κ3) is 5.92. The van der Waals surface area contributed by atoms with Crippen LogP contribution >= 0.6 is 0 Å². The average Bonchev–Trinajstić information content (AvgIpc) is 2.74. The minimum atomic E-state index is -3.67. The van der Waals surface area contributed by atoms with E-state index in [0.717, 1.165) is 23.4 Å². The Labute approximate surface area is 179 Å². The van der Waals surface area contributed by atoms with E-state index in [1.54, 1.807) is 31.4 Å². The van der Waals surface area contributed by atoms with E-state index in [1.807, 2.05) is 56.4 Å². The van der Waals surface area contributed by atoms with Gasteiger partial charge in [-0.2, -0.15) is 0 Å². The third-order valence-electron chi connectivity index (χ3n) is 4.94. The van der Waals surface area contributed by atoms with Gasteiger partial charge < -0.3 is 9.64 Å². The summed E-state index contributed by atoms with van der Waals surface area (Å²) in [7, 11) is -0.0654. The van der Waals surface area contributed by atoms with Crippen molar-refractivity contribution in [2.45, 2.75) is 24.4 Å². The summed E-state index contributed by atoms with van der Waals surface area (Å²) < 4.78 is 34.2. The predicted molar refractivity (Wildman–Crippen MR) is 120 cm³/mol. The lowest BCUT2D eigenvalue weighted by Gasteiger charge is -2.25. The molecule has 30 heavy (non-hydrogen) atoms. The van der Waals surface area contributed by atoms with Crippen LogP contribution in [0.25, 0.3) is 0 Å². The largest absolute Gasteiger partial charge is 0.497 e. The van der Waals surface area contributed by atoms with Gasteiger partial charge in [0, 0.05) is 13.1 Å². The molecular weight excluding hydrogens is 396 g/mol. The summed E-state index contributed by atoms with van der Waals surface area (Å²) in [6.07, 6.45) is 0. The first-order valence-corrected chi connectivity index (χ1v) is 11.3. The minimum absolute atomic E-state index is 0.261. The van der Waals surface area contributed by atoms with Crippen molar-refractivity contribution in [3.8, 4) is 5.75 Å². The second-order valence-electron chi connectivity index (χ2n) is 7.44. The van der Waals surface area contributed by atoms with Crippen molar-refractivity contribution in [1.29, 1.82) is 0 Å². The Hall–Kier alpha value is -2.67. The molecule has 1 unspecified atom stereocenters. The van der Waals surface area contributed by atoms with Gasteiger partial charge in [-0.05, 0) is 49.4 Å². The van der Waals surface area contributed by atoms with E-state index in [2.05, 4.69) is 21.8 Å². The molecule has 3 aromatic rings. The second-order valence-corrected chi connectivity index (χ2v) is 9.16. The van der Waals surface area contributed by atoms with Crippen molar-refractivity contribution < 1.29 is 13.2 Å². The van der Waals surface area contributed by atoms with Crippen LogP contribution in [0.5, 0.6) is 5.75 Å². The van der Waals surface area contributed by atoms with Gasteiger partial charge in [-0.25, -0.2) is 13.1 Å². The molecule has 0 fully saturated rings. The van der Waals surface area contributed by atoms with Crippen LogP contribution in [0.4, 0.5) is 0 Å². The number of nitrogens with zero attached hydrogens (tertiary/aromatic N) is 1. The summed E-state index contributed by atoms with van der Waals surface area (Å²) in [5, 5.41) is 0. The molecule has 0 amide bonds. The molecule has 0 aliphatic heterocycles. The molecule has 3 rings (SSSR count). The van der Waals surface area contributed by atoms with Crippen molar-refractivity contribution in [1.82, 2.24) is 9.62 Å². The molecule has 5 nitrogen and oxygen atoms in total. The predicted octanol–water partition coefficient (Wildman–Crippen LogP) is 4.16. The normalized spacial score (nSPS) is 12.7. The van der Waals surface area contributed by atoms with E-state index >= 15 is 0 Å². The van der Waals surface area contributed by atoms with Gasteiger partial charge in [-0.1, -0.05) is 60.2 Å². The van der Waals surface area contributed by atoms with E-state index in [4.69, 9.17) is 4.74 Å². The van der Waals surface area contributed by atoms with Gasteiger partial charge in [-0.3, -0.25) is 0 Å². The van der Waals surface area contributed by atoms with Crippen LogP contribution in [0.3, 0.4) is 0 Å². The smallest absolute Gasteiger partial charge is 0.241 e. The molecule has 0 saturated heterocycles. The highest BCUT2D eigenvalue weighted by Crippen LogP contribution is 2.22. The topological polar surface area (TPSA) is 58.6 Å². The average molecular weight is 425 g/mol. The lowest BCUT2D eigenvalue weighted by Crippen LogP contribution is -2.36. The maximum atomic E-state index is 13.0. The fourth-order valence-electron chi connectivity index (χ4n) is 3.29. The number of aryl methyl sites for hydroxylation is 1. The molecule has 0 saturated carbocycles. The molecule has 158 valence electrons. The van der Waals surface area contributed by atoms with Gasteiger partial charge >= 0.3 is 0 Å². The summed E-state index contributed by atoms with van der Waals surface area (Å²) in [5.41, 5.74) is 3.07. The first-order valence-electron chi connectivity index (χ1n) is 9.83. The van der Waals surface area contributed by atoms with Crippen molar-refractivity contribution in [2.75, 3.05) is 20.7 Å². The van der Waals surface area contributed by atoms with Crippen LogP contribution in [0.1, 0.15) is 22.7 Å². The van der Waals surface area contributed by atoms with Gasteiger partial charge in [0.25, 0.3) is 0 Å². The van der Waals surface area contributed by atoms with Crippen molar-refractivity contribution >= 4 is 10.0 Å². The highest BCUT2D eigenvalue weighted by Gasteiger charge is 2.23. The summed E-state index contributed by atoms with van der Waals surface area (Å²) in [6.45, 7) is 3.18. The molecule has 0 heterocycles. The van der Waals surface area contributed by atoms with E-state index in [9.17, 15) is 8.42 Å². The van der Waals surface area contributed by atoms with Gasteiger partial charge in [0.1, 0.15) is 5.75 Å². The Bertz CT molecular complexity index is 1030. The summed E-state index contributed by atoms with van der Waals surface area (Å²) in [4.78, 5) is 2.37. The standard InChI is InChI=1S/C24H28N2O3S/c1-19-9-15-23(16-10-19)30(27,28)25-24(21-11-13-22(29-3)14-12-21)18-26(2)17-20-7-5-4-6-8-20/h4-16,24-25H,17-18H2,1-3H3. The zero-order chi connectivity index (χ0) is 21.6. The number of likely N-dealkylation sites (N-methyl/N-ethyl adjacent to an activating group) is 1. The van der Waals surface area contributed by atoms with Crippen LogP contribution < -0.4 is 9.46 Å². The molecule has 6 heteroatoms. The fraction of sp³-hybridized carbons (Fsp3) is 0.250. The fourth-order valence-corrected chi connectivity index (χ4v) is 4.51. The first kappa shape index (κ1) is 22.0. The summed E-state index contributed by atoms with van der Waals surface area (Å²) >= 11 is 0. The number of nitrogens with one attached hydrogen (secondary N) is 1. The number of rotatable bonds is 9. The Kier molecular flexibility index (Phi) is 7.26. The Morgan fingerprint density at radius 2 is 1.57 bits per heavy atom. The van der Waals surface area contributed by atoms with Crippen molar-refractivity contribution in [3.05, 3.63) is 95.6 Å². The second kappa shape index (κ2) is 9.89. The number of hydrogen-bond acceptors (Lipinski definition) is 4. The zero-order valence-electron chi connectivity index (χ0n) is 17.6. The van der Waals surface area contributed by atoms with Crippen molar-refractivity contribution in [2.24, 2.45) is 0 Å². The monoisotopic (exact) mass is 424 g/mol. The van der Waals surface area contributed by atoms with Gasteiger partial charge in [0.05, 0.1) is 18.0 Å². The Balaban J connectivity index is 1.83. The molecule has 1 atom stereocenters. The molecule has 0 aliphatic rings. The number of ether oxygens (including phenoxy) is 1. The number of sulfonamides is 1. The maximum absolute atomic E-state index is 13.0. The highest BCUT2D eigenvalue weighted by molar-refractivity contribution is 7.89. The van der Waals surface area contributed by atoms with Crippen molar-refractivity contribution in [3.63, 3.8) is 0 Å². The quantitative estimate of drug-likeness (QED) is 0.561. The summed E-state index contributed by atoms with van der Waals surface area (Å²) in [5.74, 6) is 0.733. The van der Waals surface area contributed by atoms with Crippen LogP contribution in [-0.2, 0) is 16.6 Å². The lowest BCUT2D eigenvalue weighted by atomic mass is 10.1. The molecule has 3 aromatic carbocycles. The Morgan fingerprint density at radius 1 is 0.933 bits per heavy atom. The van der Waals surface area contributed by atoms with Crippen LogP contribution in [-0.4, -0.2) is 34.0 Å². The van der Waals surface area contributed by atoms with Crippen LogP contribution in [0.15, 0.2) is 83.8 Å². The van der Waals surface area contributed by atoms with Gasteiger partial charge in [-0.15, -0.1) is 0 Å². The van der Waals surface area contributed by atoms with E-state index in [1.165, 1.54) is 5.56 Å². The molecule has 0 radical (unpaired) electrons. The number of hydrogen-bond donors (Lipinski definition) is 1. The molecule has 0 bridgehead atoms. The van der Waals surface area contributed by atoms with E-state index in [-0.39, 0.29) is 4.90 Å². The highest BCUT2D eigenvalue weighted by atomic mass is 32.2. The van der Waals surface area contributed by atoms with Gasteiger partial charge in [0.2, 0.25) is 10.0 Å². The molecule has 1 N–H and O–H groups in total. The SMILES string of the molecule is COc1ccc(C(CN(C)Cc2ccccc2)NS(=O)(=O)c2ccc(C)cc2)cc1. The van der Waals surface area contributed by atoms with Crippen LogP contribution in [0.2, 0.25) is 0 Å². The molecule has 0 aliphatic carbocycles.